The summed E-state index contributed by atoms with van der Waals surface area (Å²) in [5.74, 6) is 0.536. The van der Waals surface area contributed by atoms with Gasteiger partial charge in [-0.3, -0.25) is 9.10 Å². The van der Waals surface area contributed by atoms with Crippen LogP contribution in [-0.2, 0) is 21.2 Å². The molecular formula is C22H22N2O5S2. The van der Waals surface area contributed by atoms with E-state index in [1.54, 1.807) is 6.07 Å². The number of nitrogens with zero attached hydrogens (tertiary/aromatic N) is 2. The molecular weight excluding hydrogens is 436 g/mol. The van der Waals surface area contributed by atoms with Crippen LogP contribution < -0.4 is 14.6 Å². The predicted octanol–water partition coefficient (Wildman–Crippen LogP) is 3.58. The van der Waals surface area contributed by atoms with E-state index in [1.807, 2.05) is 28.5 Å². The lowest BCUT2D eigenvalue weighted by Gasteiger charge is -2.29. The molecule has 7 nitrogen and oxygen atoms in total. The Bertz CT molecular complexity index is 1320. The van der Waals surface area contributed by atoms with E-state index >= 15 is 0 Å². The lowest BCUT2D eigenvalue weighted by molar-refractivity contribution is 0.121. The zero-order chi connectivity index (χ0) is 21.6. The molecule has 5 rings (SSSR count). The summed E-state index contributed by atoms with van der Waals surface area (Å²) in [5.41, 5.74) is 3.71. The van der Waals surface area contributed by atoms with E-state index in [0.717, 1.165) is 34.9 Å². The molecule has 0 radical (unpaired) electrons. The van der Waals surface area contributed by atoms with Crippen LogP contribution in [0.1, 0.15) is 12.0 Å². The van der Waals surface area contributed by atoms with Gasteiger partial charge in [0.1, 0.15) is 4.70 Å². The summed E-state index contributed by atoms with van der Waals surface area (Å²) in [4.78, 5) is 14.7. The van der Waals surface area contributed by atoms with Crippen molar-refractivity contribution in [3.63, 3.8) is 0 Å². The molecule has 162 valence electrons. The Balaban J connectivity index is 1.63. The maximum atomic E-state index is 12.7. The van der Waals surface area contributed by atoms with Gasteiger partial charge in [-0.05, 0) is 30.0 Å². The van der Waals surface area contributed by atoms with Gasteiger partial charge < -0.3 is 14.1 Å². The maximum absolute atomic E-state index is 12.7. The standard InChI is InChI=1S/C22H22N2O5S2/c1-2-31(26,27)24-7-3-4-15-5-6-16(12-18(15)24)17-14-30-22-19(25)13-20(29-21(17)22)23-8-10-28-11-9-23/h2,5-6,12-14H,1,3-4,7-11H2. The third-order valence-electron chi connectivity index (χ3n) is 5.74. The molecule has 3 aromatic rings. The molecule has 0 spiro atoms. The van der Waals surface area contributed by atoms with Crippen molar-refractivity contribution in [1.82, 2.24) is 0 Å². The molecule has 2 aliphatic rings. The first-order chi connectivity index (χ1) is 15.0. The molecule has 9 heteroatoms. The Hall–Kier alpha value is -2.62. The molecule has 0 aliphatic carbocycles. The number of hydrogen-bond acceptors (Lipinski definition) is 7. The van der Waals surface area contributed by atoms with E-state index < -0.39 is 10.0 Å². The number of rotatable bonds is 4. The smallest absolute Gasteiger partial charge is 0.256 e. The number of ether oxygens (including phenoxy) is 1. The number of hydrogen-bond donors (Lipinski definition) is 0. The van der Waals surface area contributed by atoms with Crippen LogP contribution in [0.15, 0.2) is 50.8 Å². The van der Waals surface area contributed by atoms with Crippen molar-refractivity contribution in [1.29, 1.82) is 0 Å². The largest absolute Gasteiger partial charge is 0.439 e. The number of anilines is 2. The second-order valence-electron chi connectivity index (χ2n) is 7.59. The quantitative estimate of drug-likeness (QED) is 0.595. The van der Waals surface area contributed by atoms with E-state index in [2.05, 4.69) is 6.58 Å². The van der Waals surface area contributed by atoms with Crippen molar-refractivity contribution >= 4 is 43.2 Å². The van der Waals surface area contributed by atoms with E-state index in [0.29, 0.717) is 54.7 Å². The number of aryl methyl sites for hydroxylation is 1. The summed E-state index contributed by atoms with van der Waals surface area (Å²) in [6.07, 6.45) is 1.58. The SMILES string of the molecule is C=CS(=O)(=O)N1CCCc2ccc(-c3csc4c(=O)cc(N5CCOCC5)oc34)cc21. The summed E-state index contributed by atoms with van der Waals surface area (Å²) >= 11 is 1.34. The average molecular weight is 459 g/mol. The number of sulfonamides is 1. The Morgan fingerprint density at radius 1 is 1.13 bits per heavy atom. The van der Waals surface area contributed by atoms with Gasteiger partial charge in [-0.1, -0.05) is 18.7 Å². The molecule has 1 saturated heterocycles. The van der Waals surface area contributed by atoms with Crippen LogP contribution in [0.3, 0.4) is 0 Å². The molecule has 1 aromatic carbocycles. The monoisotopic (exact) mass is 458 g/mol. The summed E-state index contributed by atoms with van der Waals surface area (Å²) in [5, 5.41) is 2.89. The van der Waals surface area contributed by atoms with Crippen LogP contribution in [0.25, 0.3) is 21.4 Å². The van der Waals surface area contributed by atoms with Crippen LogP contribution in [0, 0.1) is 0 Å². The third kappa shape index (κ3) is 3.56. The second-order valence-corrected chi connectivity index (χ2v) is 10.3. The van der Waals surface area contributed by atoms with Crippen LogP contribution in [0.4, 0.5) is 11.6 Å². The number of morpholine rings is 1. The number of thiophene rings is 1. The van der Waals surface area contributed by atoms with Crippen molar-refractivity contribution in [2.75, 3.05) is 42.1 Å². The van der Waals surface area contributed by atoms with E-state index in [4.69, 9.17) is 9.15 Å². The van der Waals surface area contributed by atoms with Gasteiger partial charge >= 0.3 is 0 Å². The summed E-state index contributed by atoms with van der Waals surface area (Å²) in [7, 11) is -3.58. The minimum absolute atomic E-state index is 0.0761. The molecule has 0 atom stereocenters. The van der Waals surface area contributed by atoms with Crippen molar-refractivity contribution in [3.05, 3.63) is 57.4 Å². The van der Waals surface area contributed by atoms with Gasteiger partial charge in [0.15, 0.2) is 11.5 Å². The lowest BCUT2D eigenvalue weighted by Crippen LogP contribution is -2.36. The van der Waals surface area contributed by atoms with E-state index in [-0.39, 0.29) is 5.43 Å². The van der Waals surface area contributed by atoms with Crippen LogP contribution in [0.2, 0.25) is 0 Å². The second kappa shape index (κ2) is 7.81. The maximum Gasteiger partial charge on any atom is 0.256 e. The molecule has 0 bridgehead atoms. The molecule has 1 fully saturated rings. The molecule has 0 amide bonds. The van der Waals surface area contributed by atoms with Gasteiger partial charge in [-0.15, -0.1) is 11.3 Å². The van der Waals surface area contributed by atoms with E-state index in [9.17, 15) is 13.2 Å². The van der Waals surface area contributed by atoms with Gasteiger partial charge in [0.25, 0.3) is 10.0 Å². The normalized spacial score (nSPS) is 17.0. The highest BCUT2D eigenvalue weighted by atomic mass is 32.2. The van der Waals surface area contributed by atoms with Crippen LogP contribution in [-0.4, -0.2) is 41.3 Å². The fourth-order valence-electron chi connectivity index (χ4n) is 4.13. The van der Waals surface area contributed by atoms with Crippen molar-refractivity contribution < 1.29 is 17.6 Å². The Labute approximate surface area is 184 Å². The predicted molar refractivity (Wildman–Crippen MR) is 124 cm³/mol. The molecule has 0 saturated carbocycles. The topological polar surface area (TPSA) is 80.1 Å². The molecule has 4 heterocycles. The van der Waals surface area contributed by atoms with Gasteiger partial charge in [0.2, 0.25) is 5.43 Å². The summed E-state index contributed by atoms with van der Waals surface area (Å²) in [6.45, 7) is 6.41. The average Bonchev–Trinajstić information content (AvgIpc) is 3.23. The summed E-state index contributed by atoms with van der Waals surface area (Å²) < 4.78 is 38.6. The Morgan fingerprint density at radius 2 is 1.94 bits per heavy atom. The molecule has 31 heavy (non-hydrogen) atoms. The van der Waals surface area contributed by atoms with Crippen LogP contribution in [0.5, 0.6) is 0 Å². The first-order valence-corrected chi connectivity index (χ1v) is 12.5. The zero-order valence-corrected chi connectivity index (χ0v) is 18.5. The molecule has 0 unspecified atom stereocenters. The van der Waals surface area contributed by atoms with Gasteiger partial charge in [-0.25, -0.2) is 8.42 Å². The van der Waals surface area contributed by atoms with Gasteiger partial charge in [0, 0.05) is 42.1 Å². The minimum atomic E-state index is -3.58. The number of fused-ring (bicyclic) bond motifs is 2. The number of benzene rings is 1. The van der Waals surface area contributed by atoms with Crippen molar-refractivity contribution in [3.8, 4) is 11.1 Å². The lowest BCUT2D eigenvalue weighted by atomic mass is 9.99. The molecule has 0 N–H and O–H groups in total. The Kier molecular flexibility index (Phi) is 5.11. The first kappa shape index (κ1) is 20.3. The van der Waals surface area contributed by atoms with Crippen molar-refractivity contribution in [2.24, 2.45) is 0 Å². The fraction of sp³-hybridized carbons (Fsp3) is 0.318. The minimum Gasteiger partial charge on any atom is -0.439 e. The summed E-state index contributed by atoms with van der Waals surface area (Å²) in [6, 6.07) is 7.34. The zero-order valence-electron chi connectivity index (χ0n) is 16.9. The molecule has 2 aromatic heterocycles. The van der Waals surface area contributed by atoms with Gasteiger partial charge in [-0.2, -0.15) is 0 Å². The highest BCUT2D eigenvalue weighted by Crippen LogP contribution is 2.39. The highest BCUT2D eigenvalue weighted by molar-refractivity contribution is 7.95. The van der Waals surface area contributed by atoms with Crippen LogP contribution >= 0.6 is 11.3 Å². The third-order valence-corrected chi connectivity index (χ3v) is 8.13. The first-order valence-electron chi connectivity index (χ1n) is 10.1. The van der Waals surface area contributed by atoms with E-state index in [1.165, 1.54) is 15.6 Å². The van der Waals surface area contributed by atoms with Crippen molar-refractivity contribution in [2.45, 2.75) is 12.8 Å². The molecule has 2 aliphatic heterocycles. The Morgan fingerprint density at radius 3 is 2.71 bits per heavy atom. The fourth-order valence-corrected chi connectivity index (χ4v) is 6.05. The van der Waals surface area contributed by atoms with Gasteiger partial charge in [0.05, 0.1) is 18.9 Å². The highest BCUT2D eigenvalue weighted by Gasteiger charge is 2.26.